The van der Waals surface area contributed by atoms with E-state index >= 15 is 0 Å². The van der Waals surface area contributed by atoms with Crippen LogP contribution in [0.15, 0.2) is 33.5 Å². The maximum absolute atomic E-state index is 12.8. The number of hydrogen-bond acceptors (Lipinski definition) is 5. The van der Waals surface area contributed by atoms with Gasteiger partial charge in [0.1, 0.15) is 4.83 Å². The maximum Gasteiger partial charge on any atom is 0.263 e. The van der Waals surface area contributed by atoms with Gasteiger partial charge in [-0.3, -0.25) is 9.36 Å². The Balaban J connectivity index is 2.21. The first kappa shape index (κ1) is 15.8. The van der Waals surface area contributed by atoms with Crippen LogP contribution < -0.4 is 5.56 Å². The minimum atomic E-state index is -0.0649. The fourth-order valence-corrected chi connectivity index (χ4v) is 4.02. The van der Waals surface area contributed by atoms with Crippen LogP contribution in [0.5, 0.6) is 0 Å². The van der Waals surface area contributed by atoms with Crippen molar-refractivity contribution < 1.29 is 0 Å². The average Bonchev–Trinajstić information content (AvgIpc) is 2.96. The van der Waals surface area contributed by atoms with Gasteiger partial charge in [0.2, 0.25) is 0 Å². The smallest absolute Gasteiger partial charge is 0.263 e. The van der Waals surface area contributed by atoms with Gasteiger partial charge in [0.05, 0.1) is 17.2 Å². The molecule has 3 aromatic rings. The van der Waals surface area contributed by atoms with Gasteiger partial charge in [0, 0.05) is 18.0 Å². The van der Waals surface area contributed by atoms with Crippen LogP contribution in [0.1, 0.15) is 11.1 Å². The molecule has 3 rings (SSSR count). The SMILES string of the molecule is Cc1ccc(-c2csc3nc(SCC#N)n(C)c(=O)c23)cc1C. The molecule has 0 saturated carbocycles. The Morgan fingerprint density at radius 3 is 2.83 bits per heavy atom. The van der Waals surface area contributed by atoms with Gasteiger partial charge in [0.15, 0.2) is 5.16 Å². The van der Waals surface area contributed by atoms with Crippen molar-refractivity contribution in [1.82, 2.24) is 9.55 Å². The van der Waals surface area contributed by atoms with Crippen molar-refractivity contribution in [1.29, 1.82) is 5.26 Å². The van der Waals surface area contributed by atoms with E-state index in [1.807, 2.05) is 11.4 Å². The second-order valence-corrected chi connectivity index (χ2v) is 7.13. The molecule has 116 valence electrons. The fourth-order valence-electron chi connectivity index (χ4n) is 2.40. The van der Waals surface area contributed by atoms with Crippen LogP contribution in [0.4, 0.5) is 0 Å². The zero-order chi connectivity index (χ0) is 16.6. The Hall–Kier alpha value is -2.10. The van der Waals surface area contributed by atoms with E-state index in [-0.39, 0.29) is 11.3 Å². The number of thiophene rings is 1. The first-order valence-corrected chi connectivity index (χ1v) is 8.95. The Bertz CT molecular complexity index is 995. The van der Waals surface area contributed by atoms with E-state index in [2.05, 4.69) is 37.0 Å². The Morgan fingerprint density at radius 2 is 2.13 bits per heavy atom. The molecule has 0 radical (unpaired) electrons. The van der Waals surface area contributed by atoms with E-state index in [4.69, 9.17) is 5.26 Å². The van der Waals surface area contributed by atoms with Crippen LogP contribution in [0.25, 0.3) is 21.3 Å². The van der Waals surface area contributed by atoms with Gasteiger partial charge in [0.25, 0.3) is 5.56 Å². The predicted octanol–water partition coefficient (Wildman–Crippen LogP) is 3.89. The lowest BCUT2D eigenvalue weighted by Crippen LogP contribution is -2.19. The molecule has 0 unspecified atom stereocenters. The lowest BCUT2D eigenvalue weighted by molar-refractivity contribution is 0.729. The topological polar surface area (TPSA) is 58.7 Å². The van der Waals surface area contributed by atoms with Crippen LogP contribution in [-0.2, 0) is 7.05 Å². The van der Waals surface area contributed by atoms with E-state index in [0.29, 0.717) is 10.5 Å². The molecule has 0 aliphatic rings. The molecular formula is C17H15N3OS2. The van der Waals surface area contributed by atoms with Crippen LogP contribution in [0, 0.1) is 25.2 Å². The Labute approximate surface area is 142 Å². The molecule has 2 aromatic heterocycles. The number of thioether (sulfide) groups is 1. The maximum atomic E-state index is 12.8. The monoisotopic (exact) mass is 341 g/mol. The molecule has 0 atom stereocenters. The summed E-state index contributed by atoms with van der Waals surface area (Å²) >= 11 is 2.75. The Kier molecular flexibility index (Phi) is 4.24. The van der Waals surface area contributed by atoms with Crippen molar-refractivity contribution in [2.24, 2.45) is 7.05 Å². The third-order valence-electron chi connectivity index (χ3n) is 3.86. The quantitative estimate of drug-likeness (QED) is 0.535. The number of nitriles is 1. The zero-order valence-electron chi connectivity index (χ0n) is 13.1. The van der Waals surface area contributed by atoms with Gasteiger partial charge in [-0.1, -0.05) is 30.0 Å². The summed E-state index contributed by atoms with van der Waals surface area (Å²) in [5.41, 5.74) is 4.33. The van der Waals surface area contributed by atoms with Gasteiger partial charge in [-0.25, -0.2) is 4.98 Å². The minimum Gasteiger partial charge on any atom is -0.290 e. The average molecular weight is 341 g/mol. The van der Waals surface area contributed by atoms with Crippen molar-refractivity contribution in [3.8, 4) is 17.2 Å². The first-order valence-electron chi connectivity index (χ1n) is 7.08. The standard InChI is InChI=1S/C17H15N3OS2/c1-10-4-5-12(8-11(10)2)13-9-23-15-14(13)16(21)20(3)17(19-15)22-7-6-18/h4-5,8-9H,7H2,1-3H3. The van der Waals surface area contributed by atoms with Gasteiger partial charge in [-0.2, -0.15) is 5.26 Å². The minimum absolute atomic E-state index is 0.0649. The number of benzene rings is 1. The van der Waals surface area contributed by atoms with Gasteiger partial charge in [-0.05, 0) is 30.5 Å². The molecule has 0 saturated heterocycles. The number of aryl methyl sites for hydroxylation is 2. The number of rotatable bonds is 3. The molecule has 0 bridgehead atoms. The molecule has 4 nitrogen and oxygen atoms in total. The summed E-state index contributed by atoms with van der Waals surface area (Å²) in [6.07, 6.45) is 0. The summed E-state index contributed by atoms with van der Waals surface area (Å²) in [7, 11) is 1.70. The fraction of sp³-hybridized carbons (Fsp3) is 0.235. The highest BCUT2D eigenvalue weighted by molar-refractivity contribution is 7.99. The third-order valence-corrected chi connectivity index (χ3v) is 5.63. The van der Waals surface area contributed by atoms with Crippen molar-refractivity contribution >= 4 is 33.3 Å². The molecule has 6 heteroatoms. The lowest BCUT2D eigenvalue weighted by atomic mass is 10.0. The lowest BCUT2D eigenvalue weighted by Gasteiger charge is -2.07. The van der Waals surface area contributed by atoms with Crippen molar-refractivity contribution in [2.75, 3.05) is 5.75 Å². The highest BCUT2D eigenvalue weighted by Crippen LogP contribution is 2.32. The number of nitrogens with zero attached hydrogens (tertiary/aromatic N) is 3. The van der Waals surface area contributed by atoms with Gasteiger partial charge in [-0.15, -0.1) is 11.3 Å². The summed E-state index contributed by atoms with van der Waals surface area (Å²) in [6, 6.07) is 8.29. The van der Waals surface area contributed by atoms with E-state index in [1.54, 1.807) is 7.05 Å². The zero-order valence-corrected chi connectivity index (χ0v) is 14.7. The van der Waals surface area contributed by atoms with E-state index in [0.717, 1.165) is 16.0 Å². The Morgan fingerprint density at radius 1 is 1.35 bits per heavy atom. The summed E-state index contributed by atoms with van der Waals surface area (Å²) in [4.78, 5) is 18.0. The molecule has 2 heterocycles. The molecule has 0 aliphatic carbocycles. The van der Waals surface area contributed by atoms with Crippen molar-refractivity contribution in [3.05, 3.63) is 45.1 Å². The van der Waals surface area contributed by atoms with Crippen LogP contribution in [0.2, 0.25) is 0 Å². The molecule has 0 amide bonds. The second kappa shape index (κ2) is 6.19. The summed E-state index contributed by atoms with van der Waals surface area (Å²) in [6.45, 7) is 4.14. The van der Waals surface area contributed by atoms with Crippen LogP contribution in [0.3, 0.4) is 0 Å². The van der Waals surface area contributed by atoms with Crippen molar-refractivity contribution in [2.45, 2.75) is 19.0 Å². The largest absolute Gasteiger partial charge is 0.290 e. The second-order valence-electron chi connectivity index (χ2n) is 5.33. The molecule has 0 spiro atoms. The molecular weight excluding hydrogens is 326 g/mol. The highest BCUT2D eigenvalue weighted by Gasteiger charge is 2.15. The number of fused-ring (bicyclic) bond motifs is 1. The third kappa shape index (κ3) is 2.78. The van der Waals surface area contributed by atoms with E-state index < -0.39 is 0 Å². The molecule has 0 aliphatic heterocycles. The van der Waals surface area contributed by atoms with Crippen LogP contribution >= 0.6 is 23.1 Å². The molecule has 23 heavy (non-hydrogen) atoms. The first-order chi connectivity index (χ1) is 11.0. The number of hydrogen-bond donors (Lipinski definition) is 0. The van der Waals surface area contributed by atoms with E-state index in [1.165, 1.54) is 38.8 Å². The normalized spacial score (nSPS) is 10.9. The molecule has 0 fully saturated rings. The number of aromatic nitrogens is 2. The highest BCUT2D eigenvalue weighted by atomic mass is 32.2. The summed E-state index contributed by atoms with van der Waals surface area (Å²) < 4.78 is 1.53. The van der Waals surface area contributed by atoms with Gasteiger partial charge < -0.3 is 0 Å². The van der Waals surface area contributed by atoms with Crippen molar-refractivity contribution in [3.63, 3.8) is 0 Å². The summed E-state index contributed by atoms with van der Waals surface area (Å²) in [5.74, 6) is 0.279. The van der Waals surface area contributed by atoms with E-state index in [9.17, 15) is 4.79 Å². The molecule has 0 N–H and O–H groups in total. The molecule has 1 aromatic carbocycles. The van der Waals surface area contributed by atoms with Gasteiger partial charge >= 0.3 is 0 Å². The summed E-state index contributed by atoms with van der Waals surface area (Å²) in [5, 5.41) is 11.9. The van der Waals surface area contributed by atoms with Crippen LogP contribution in [-0.4, -0.2) is 15.3 Å². The predicted molar refractivity (Wildman–Crippen MR) is 96.1 cm³/mol.